The number of carbonyl (C=O) groups is 1. The molecule has 6 nitrogen and oxygen atoms in total. The normalized spacial score (nSPS) is 10.7. The number of nitrogens with zero attached hydrogens (tertiary/aromatic N) is 1. The van der Waals surface area contributed by atoms with Gasteiger partial charge >= 0.3 is 0 Å². The van der Waals surface area contributed by atoms with E-state index in [0.717, 1.165) is 0 Å². The number of anilines is 1. The number of nitrogens with one attached hydrogen (secondary N) is 1. The molecular formula is C19H16Cl2N2O4. The molecule has 1 N–H and O–H groups in total. The van der Waals surface area contributed by atoms with Crippen molar-refractivity contribution in [1.82, 2.24) is 0 Å². The minimum Gasteiger partial charge on any atom is -0.496 e. The van der Waals surface area contributed by atoms with Gasteiger partial charge in [-0.2, -0.15) is 5.26 Å². The summed E-state index contributed by atoms with van der Waals surface area (Å²) in [5.74, 6) is 0.660. The van der Waals surface area contributed by atoms with E-state index in [4.69, 9.17) is 37.4 Å². The Kier molecular flexibility index (Phi) is 6.94. The second-order valence-corrected chi connectivity index (χ2v) is 5.96. The van der Waals surface area contributed by atoms with Crippen molar-refractivity contribution in [1.29, 1.82) is 5.26 Å². The van der Waals surface area contributed by atoms with Crippen LogP contribution >= 0.6 is 23.2 Å². The van der Waals surface area contributed by atoms with Gasteiger partial charge in [0, 0.05) is 11.6 Å². The van der Waals surface area contributed by atoms with Crippen molar-refractivity contribution >= 4 is 40.9 Å². The molecule has 0 saturated heterocycles. The molecule has 0 bridgehead atoms. The van der Waals surface area contributed by atoms with Gasteiger partial charge in [-0.1, -0.05) is 29.3 Å². The number of amides is 1. The van der Waals surface area contributed by atoms with E-state index < -0.39 is 5.91 Å². The topological polar surface area (TPSA) is 80.6 Å². The summed E-state index contributed by atoms with van der Waals surface area (Å²) in [6.45, 7) is 0. The van der Waals surface area contributed by atoms with E-state index in [1.807, 2.05) is 6.07 Å². The maximum Gasteiger partial charge on any atom is 0.266 e. The average Bonchev–Trinajstić information content (AvgIpc) is 2.68. The Morgan fingerprint density at radius 1 is 1.07 bits per heavy atom. The summed E-state index contributed by atoms with van der Waals surface area (Å²) in [5.41, 5.74) is 0.616. The molecule has 0 heterocycles. The Balaban J connectivity index is 2.42. The highest BCUT2D eigenvalue weighted by Gasteiger charge is 2.16. The minimum absolute atomic E-state index is 0.156. The van der Waals surface area contributed by atoms with E-state index in [9.17, 15) is 10.1 Å². The summed E-state index contributed by atoms with van der Waals surface area (Å²) in [4.78, 5) is 12.5. The second-order valence-electron chi connectivity index (χ2n) is 5.17. The van der Waals surface area contributed by atoms with Crippen molar-refractivity contribution < 1.29 is 19.0 Å². The molecule has 0 aliphatic heterocycles. The first-order valence-electron chi connectivity index (χ1n) is 7.62. The van der Waals surface area contributed by atoms with Gasteiger partial charge in [0.25, 0.3) is 5.91 Å². The summed E-state index contributed by atoms with van der Waals surface area (Å²) in [6.07, 6.45) is 1.38. The molecule has 0 aliphatic rings. The van der Waals surface area contributed by atoms with Crippen LogP contribution < -0.4 is 19.5 Å². The van der Waals surface area contributed by atoms with Gasteiger partial charge in [-0.15, -0.1) is 0 Å². The summed E-state index contributed by atoms with van der Waals surface area (Å²) in [5, 5.41) is 12.5. The summed E-state index contributed by atoms with van der Waals surface area (Å²) in [7, 11) is 4.45. The lowest BCUT2D eigenvalue weighted by molar-refractivity contribution is -0.112. The number of nitriles is 1. The van der Waals surface area contributed by atoms with Gasteiger partial charge in [-0.3, -0.25) is 4.79 Å². The number of methoxy groups -OCH3 is 3. The van der Waals surface area contributed by atoms with Crippen molar-refractivity contribution in [3.8, 4) is 23.3 Å². The van der Waals surface area contributed by atoms with Crippen LogP contribution in [0.25, 0.3) is 6.08 Å². The van der Waals surface area contributed by atoms with Crippen LogP contribution in [0.1, 0.15) is 5.56 Å². The zero-order valence-corrected chi connectivity index (χ0v) is 16.3. The fraction of sp³-hybridized carbons (Fsp3) is 0.158. The molecule has 2 aromatic carbocycles. The first-order chi connectivity index (χ1) is 12.9. The molecule has 140 valence electrons. The van der Waals surface area contributed by atoms with Crippen LogP contribution in [-0.4, -0.2) is 27.2 Å². The highest BCUT2D eigenvalue weighted by molar-refractivity contribution is 6.44. The summed E-state index contributed by atoms with van der Waals surface area (Å²) < 4.78 is 15.8. The van der Waals surface area contributed by atoms with Gasteiger partial charge in [0.2, 0.25) is 0 Å². The van der Waals surface area contributed by atoms with Crippen LogP contribution in [0.2, 0.25) is 10.0 Å². The Hall–Kier alpha value is -2.88. The number of halogens is 2. The highest BCUT2D eigenvalue weighted by atomic mass is 35.5. The van der Waals surface area contributed by atoms with E-state index in [0.29, 0.717) is 33.5 Å². The Morgan fingerprint density at radius 2 is 1.70 bits per heavy atom. The monoisotopic (exact) mass is 406 g/mol. The largest absolute Gasteiger partial charge is 0.496 e. The molecule has 0 aromatic heterocycles. The Labute approximate surface area is 166 Å². The van der Waals surface area contributed by atoms with Crippen molar-refractivity contribution in [3.63, 3.8) is 0 Å². The lowest BCUT2D eigenvalue weighted by atomic mass is 10.1. The highest BCUT2D eigenvalue weighted by Crippen LogP contribution is 2.36. The molecule has 2 aromatic rings. The number of hydrogen-bond acceptors (Lipinski definition) is 5. The van der Waals surface area contributed by atoms with E-state index in [1.165, 1.54) is 27.4 Å². The van der Waals surface area contributed by atoms with Gasteiger partial charge in [0.15, 0.2) is 11.5 Å². The molecule has 0 saturated carbocycles. The third-order valence-corrected chi connectivity index (χ3v) is 4.42. The number of rotatable bonds is 6. The molecule has 2 rings (SSSR count). The second kappa shape index (κ2) is 9.17. The maximum absolute atomic E-state index is 12.5. The van der Waals surface area contributed by atoms with E-state index in [2.05, 4.69) is 5.32 Å². The molecule has 0 atom stereocenters. The van der Waals surface area contributed by atoms with Crippen molar-refractivity contribution in [3.05, 3.63) is 51.5 Å². The zero-order valence-electron chi connectivity index (χ0n) is 14.8. The predicted molar refractivity (Wildman–Crippen MR) is 105 cm³/mol. The Bertz CT molecular complexity index is 936. The predicted octanol–water partition coefficient (Wildman–Crippen LogP) is 4.56. The van der Waals surface area contributed by atoms with Crippen molar-refractivity contribution in [2.75, 3.05) is 26.6 Å². The van der Waals surface area contributed by atoms with Gasteiger partial charge < -0.3 is 19.5 Å². The van der Waals surface area contributed by atoms with Gasteiger partial charge in [0.1, 0.15) is 17.4 Å². The van der Waals surface area contributed by atoms with Crippen LogP contribution in [0.15, 0.2) is 35.9 Å². The standard InChI is InChI=1S/C19H16Cl2N2O4/c1-25-15-9-17(27-3)16(26-2)8-11(15)7-12(10-22)19(24)23-14-6-4-5-13(20)18(14)21/h4-9H,1-3H3,(H,23,24)/b12-7+. The lowest BCUT2D eigenvalue weighted by Gasteiger charge is -2.12. The third kappa shape index (κ3) is 4.64. The smallest absolute Gasteiger partial charge is 0.266 e. The van der Waals surface area contributed by atoms with Crippen LogP contribution in [-0.2, 0) is 4.79 Å². The minimum atomic E-state index is -0.640. The number of ether oxygens (including phenoxy) is 3. The Morgan fingerprint density at radius 3 is 2.30 bits per heavy atom. The van der Waals surface area contributed by atoms with Gasteiger partial charge in [-0.05, 0) is 24.3 Å². The van der Waals surface area contributed by atoms with Gasteiger partial charge in [-0.25, -0.2) is 0 Å². The molecule has 27 heavy (non-hydrogen) atoms. The van der Waals surface area contributed by atoms with Crippen LogP contribution in [0, 0.1) is 11.3 Å². The molecule has 0 fully saturated rings. The van der Waals surface area contributed by atoms with Crippen LogP contribution in [0.5, 0.6) is 17.2 Å². The fourth-order valence-corrected chi connectivity index (χ4v) is 2.61. The first kappa shape index (κ1) is 20.4. The maximum atomic E-state index is 12.5. The molecule has 0 spiro atoms. The molecule has 0 radical (unpaired) electrons. The van der Waals surface area contributed by atoms with Crippen molar-refractivity contribution in [2.45, 2.75) is 0 Å². The van der Waals surface area contributed by atoms with Crippen molar-refractivity contribution in [2.24, 2.45) is 0 Å². The number of carbonyl (C=O) groups excluding carboxylic acids is 1. The summed E-state index contributed by atoms with van der Waals surface area (Å²) in [6, 6.07) is 9.89. The quantitative estimate of drug-likeness (QED) is 0.561. The lowest BCUT2D eigenvalue weighted by Crippen LogP contribution is -2.14. The first-order valence-corrected chi connectivity index (χ1v) is 8.37. The van der Waals surface area contributed by atoms with Crippen LogP contribution in [0.3, 0.4) is 0 Å². The molecule has 0 aliphatic carbocycles. The van der Waals surface area contributed by atoms with E-state index >= 15 is 0 Å². The van der Waals surface area contributed by atoms with E-state index in [-0.39, 0.29) is 10.6 Å². The number of benzene rings is 2. The molecule has 0 unspecified atom stereocenters. The summed E-state index contributed by atoms with van der Waals surface area (Å²) >= 11 is 12.0. The molecular weight excluding hydrogens is 391 g/mol. The molecule has 1 amide bonds. The molecule has 8 heteroatoms. The van der Waals surface area contributed by atoms with E-state index in [1.54, 1.807) is 30.3 Å². The fourth-order valence-electron chi connectivity index (χ4n) is 2.26. The number of hydrogen-bond donors (Lipinski definition) is 1. The van der Waals surface area contributed by atoms with Gasteiger partial charge in [0.05, 0.1) is 37.1 Å². The average molecular weight is 407 g/mol. The SMILES string of the molecule is COc1cc(OC)c(OC)cc1/C=C(\C#N)C(=O)Nc1cccc(Cl)c1Cl. The third-order valence-electron chi connectivity index (χ3n) is 3.60. The zero-order chi connectivity index (χ0) is 20.0. The van der Waals surface area contributed by atoms with Crippen LogP contribution in [0.4, 0.5) is 5.69 Å².